The average molecular weight is 701 g/mol. The van der Waals surface area contributed by atoms with Gasteiger partial charge in [-0.25, -0.2) is 8.42 Å². The number of nitrogens with one attached hydrogen (secondary N) is 1. The molecular weight excluding hydrogens is 665 g/mol. The van der Waals surface area contributed by atoms with Crippen LogP contribution in [0.15, 0.2) is 102 Å². The van der Waals surface area contributed by atoms with Gasteiger partial charge in [0.15, 0.2) is 0 Å². The van der Waals surface area contributed by atoms with Crippen molar-refractivity contribution in [1.29, 1.82) is 0 Å². The number of anilines is 1. The van der Waals surface area contributed by atoms with Gasteiger partial charge in [-0.15, -0.1) is 0 Å². The molecule has 0 unspecified atom stereocenters. The largest absolute Gasteiger partial charge is 0.352 e. The van der Waals surface area contributed by atoms with E-state index in [4.69, 9.17) is 34.8 Å². The second-order valence-corrected chi connectivity index (χ2v) is 14.1. The molecule has 0 radical (unpaired) electrons. The van der Waals surface area contributed by atoms with Crippen molar-refractivity contribution in [2.75, 3.05) is 10.8 Å². The van der Waals surface area contributed by atoms with E-state index in [1.807, 2.05) is 44.2 Å². The lowest BCUT2D eigenvalue weighted by Gasteiger charge is -2.34. The Bertz CT molecular complexity index is 1770. The molecule has 0 spiro atoms. The molecule has 0 aliphatic rings. The predicted molar refractivity (Wildman–Crippen MR) is 186 cm³/mol. The third kappa shape index (κ3) is 8.82. The van der Waals surface area contributed by atoms with Crippen molar-refractivity contribution in [3.8, 4) is 0 Å². The quantitative estimate of drug-likeness (QED) is 0.155. The minimum absolute atomic E-state index is 0.00544. The van der Waals surface area contributed by atoms with Crippen molar-refractivity contribution in [3.63, 3.8) is 0 Å². The zero-order chi connectivity index (χ0) is 33.4. The minimum Gasteiger partial charge on any atom is -0.352 e. The molecule has 242 valence electrons. The molecule has 2 atom stereocenters. The minimum atomic E-state index is -4.24. The fourth-order valence-corrected chi connectivity index (χ4v) is 6.74. The summed E-state index contributed by atoms with van der Waals surface area (Å²) >= 11 is 19.0. The van der Waals surface area contributed by atoms with E-state index in [9.17, 15) is 18.0 Å². The van der Waals surface area contributed by atoms with E-state index in [0.29, 0.717) is 22.0 Å². The Kier molecular flexibility index (Phi) is 12.1. The highest BCUT2D eigenvalue weighted by Gasteiger charge is 2.35. The van der Waals surface area contributed by atoms with E-state index in [1.54, 1.807) is 55.5 Å². The summed E-state index contributed by atoms with van der Waals surface area (Å²) in [4.78, 5) is 29.9. The number of hydrogen-bond acceptors (Lipinski definition) is 4. The van der Waals surface area contributed by atoms with Gasteiger partial charge in [0.1, 0.15) is 12.6 Å². The zero-order valence-corrected chi connectivity index (χ0v) is 28.9. The number of sulfonamides is 1. The number of amides is 2. The van der Waals surface area contributed by atoms with Crippen molar-refractivity contribution in [1.82, 2.24) is 10.2 Å². The number of carbonyl (C=O) groups is 2. The predicted octanol–water partition coefficient (Wildman–Crippen LogP) is 7.71. The Labute approximate surface area is 286 Å². The van der Waals surface area contributed by atoms with Crippen LogP contribution in [0.3, 0.4) is 0 Å². The van der Waals surface area contributed by atoms with Gasteiger partial charge in [0.2, 0.25) is 11.8 Å². The van der Waals surface area contributed by atoms with E-state index in [2.05, 4.69) is 5.32 Å². The molecule has 0 heterocycles. The summed E-state index contributed by atoms with van der Waals surface area (Å²) in [5, 5.41) is 4.00. The smallest absolute Gasteiger partial charge is 0.264 e. The molecule has 0 aromatic heterocycles. The first kappa shape index (κ1) is 35.3. The third-order valence-corrected chi connectivity index (χ3v) is 10.6. The second kappa shape index (κ2) is 15.8. The van der Waals surface area contributed by atoms with Gasteiger partial charge in [-0.2, -0.15) is 0 Å². The molecule has 0 bridgehead atoms. The van der Waals surface area contributed by atoms with Crippen LogP contribution in [-0.4, -0.2) is 43.8 Å². The number of carbonyl (C=O) groups excluding carboxylic acids is 2. The van der Waals surface area contributed by atoms with Crippen LogP contribution in [0.2, 0.25) is 15.1 Å². The maximum Gasteiger partial charge on any atom is 0.264 e. The van der Waals surface area contributed by atoms with Gasteiger partial charge < -0.3 is 10.2 Å². The van der Waals surface area contributed by atoms with Crippen molar-refractivity contribution in [3.05, 3.63) is 129 Å². The molecule has 0 aliphatic heterocycles. The van der Waals surface area contributed by atoms with Crippen molar-refractivity contribution in [2.24, 2.45) is 0 Å². The molecule has 4 rings (SSSR count). The lowest BCUT2D eigenvalue weighted by Crippen LogP contribution is -2.54. The van der Waals surface area contributed by atoms with Crippen LogP contribution < -0.4 is 9.62 Å². The van der Waals surface area contributed by atoms with Crippen molar-refractivity contribution < 1.29 is 18.0 Å². The fraction of sp³-hybridized carbons (Fsp3) is 0.257. The molecule has 7 nitrogen and oxygen atoms in total. The number of aryl methyl sites for hydroxylation is 1. The number of rotatable bonds is 13. The van der Waals surface area contributed by atoms with E-state index in [0.717, 1.165) is 15.4 Å². The van der Waals surface area contributed by atoms with Gasteiger partial charge in [-0.3, -0.25) is 13.9 Å². The molecule has 2 amide bonds. The van der Waals surface area contributed by atoms with Crippen LogP contribution in [0.4, 0.5) is 5.69 Å². The normalized spacial score (nSPS) is 12.7. The van der Waals surface area contributed by atoms with Gasteiger partial charge in [0.25, 0.3) is 10.0 Å². The maximum absolute atomic E-state index is 14.6. The summed E-state index contributed by atoms with van der Waals surface area (Å²) in [6.45, 7) is 5.01. The average Bonchev–Trinajstić information content (AvgIpc) is 3.05. The van der Waals surface area contributed by atoms with E-state index in [1.165, 1.54) is 23.1 Å². The molecule has 0 saturated carbocycles. The first-order valence-electron chi connectivity index (χ1n) is 14.8. The van der Waals surface area contributed by atoms with Crippen molar-refractivity contribution >= 4 is 62.3 Å². The summed E-state index contributed by atoms with van der Waals surface area (Å²) in [6, 6.07) is 25.9. The summed E-state index contributed by atoms with van der Waals surface area (Å²) < 4.78 is 29.2. The Morgan fingerprint density at radius 1 is 0.804 bits per heavy atom. The highest BCUT2D eigenvalue weighted by atomic mass is 35.5. The second-order valence-electron chi connectivity index (χ2n) is 11.1. The Morgan fingerprint density at radius 3 is 2.07 bits per heavy atom. The molecule has 46 heavy (non-hydrogen) atoms. The highest BCUT2D eigenvalue weighted by Crippen LogP contribution is 2.29. The van der Waals surface area contributed by atoms with Crippen LogP contribution in [0.25, 0.3) is 0 Å². The van der Waals surface area contributed by atoms with E-state index in [-0.39, 0.29) is 40.5 Å². The topological polar surface area (TPSA) is 86.8 Å². The number of hydrogen-bond donors (Lipinski definition) is 1. The van der Waals surface area contributed by atoms with Crippen LogP contribution in [0, 0.1) is 6.92 Å². The summed E-state index contributed by atoms with van der Waals surface area (Å²) in [5.41, 5.74) is 2.41. The summed E-state index contributed by atoms with van der Waals surface area (Å²) in [6.07, 6.45) is 0.875. The van der Waals surface area contributed by atoms with E-state index >= 15 is 0 Å². The van der Waals surface area contributed by atoms with Gasteiger partial charge in [-0.05, 0) is 73.4 Å². The van der Waals surface area contributed by atoms with Gasteiger partial charge in [0, 0.05) is 24.0 Å². The van der Waals surface area contributed by atoms with Gasteiger partial charge in [-0.1, -0.05) is 102 Å². The van der Waals surface area contributed by atoms with Crippen LogP contribution in [0.1, 0.15) is 37.0 Å². The summed E-state index contributed by atoms with van der Waals surface area (Å²) in [5.74, 6) is -0.954. The first-order valence-corrected chi connectivity index (χ1v) is 17.4. The molecule has 4 aromatic rings. The molecule has 11 heteroatoms. The molecular formula is C35H36Cl3N3O4S. The molecule has 1 N–H and O–H groups in total. The number of benzene rings is 4. The fourth-order valence-electron chi connectivity index (χ4n) is 4.82. The lowest BCUT2D eigenvalue weighted by atomic mass is 10.0. The molecule has 0 fully saturated rings. The maximum atomic E-state index is 14.6. The van der Waals surface area contributed by atoms with Crippen molar-refractivity contribution in [2.45, 2.75) is 57.1 Å². The Hall–Kier alpha value is -3.56. The molecule has 4 aromatic carbocycles. The zero-order valence-electron chi connectivity index (χ0n) is 25.8. The van der Waals surface area contributed by atoms with Gasteiger partial charge >= 0.3 is 0 Å². The van der Waals surface area contributed by atoms with Crippen LogP contribution in [-0.2, 0) is 32.6 Å². The lowest BCUT2D eigenvalue weighted by molar-refractivity contribution is -0.140. The Balaban J connectivity index is 1.83. The Morgan fingerprint density at radius 2 is 1.46 bits per heavy atom. The monoisotopic (exact) mass is 699 g/mol. The molecule has 0 aliphatic carbocycles. The van der Waals surface area contributed by atoms with Crippen LogP contribution >= 0.6 is 34.8 Å². The number of halogens is 3. The third-order valence-electron chi connectivity index (χ3n) is 7.66. The number of nitrogens with zero attached hydrogens (tertiary/aromatic N) is 2. The standard InChI is InChI=1S/C35H36Cl3N3O4S/c1-4-25(3)39-35(43)33(20-26-11-7-5-8-12-26)40(22-27-16-18-30(36)32(38)19-27)34(42)23-41(28-17-15-24(2)31(37)21-28)46(44,45)29-13-9-6-10-14-29/h5-19,21,25,33H,4,20,22-23H2,1-3H3,(H,39,43)/t25-,33+/m1/s1. The highest BCUT2D eigenvalue weighted by molar-refractivity contribution is 7.92. The van der Waals surface area contributed by atoms with Crippen LogP contribution in [0.5, 0.6) is 0 Å². The SMILES string of the molecule is CC[C@@H](C)NC(=O)[C@H](Cc1ccccc1)N(Cc1ccc(Cl)c(Cl)c1)C(=O)CN(c1ccc(C)c(Cl)c1)S(=O)(=O)c1ccccc1. The first-order chi connectivity index (χ1) is 21.9. The summed E-state index contributed by atoms with van der Waals surface area (Å²) in [7, 11) is -4.24. The molecule has 0 saturated heterocycles. The van der Waals surface area contributed by atoms with E-state index < -0.39 is 28.5 Å². The van der Waals surface area contributed by atoms with Gasteiger partial charge in [0.05, 0.1) is 20.6 Å².